The molecular weight excluding hydrogens is 232 g/mol. The highest BCUT2D eigenvalue weighted by Crippen LogP contribution is 2.38. The zero-order chi connectivity index (χ0) is 14.0. The van der Waals surface area contributed by atoms with Gasteiger partial charge in [-0.2, -0.15) is 0 Å². The van der Waals surface area contributed by atoms with E-state index in [1.54, 1.807) is 0 Å². The number of nitrogens with one attached hydrogen (secondary N) is 1. The van der Waals surface area contributed by atoms with Gasteiger partial charge in [-0.15, -0.1) is 0 Å². The van der Waals surface area contributed by atoms with Crippen LogP contribution >= 0.6 is 0 Å². The van der Waals surface area contributed by atoms with Gasteiger partial charge in [-0.1, -0.05) is 34.1 Å². The minimum atomic E-state index is 0.608. The third-order valence-corrected chi connectivity index (χ3v) is 6.08. The Labute approximate surface area is 120 Å². The highest BCUT2D eigenvalue weighted by molar-refractivity contribution is 4.95. The van der Waals surface area contributed by atoms with Crippen molar-refractivity contribution in [2.45, 2.75) is 71.9 Å². The molecule has 0 aromatic rings. The van der Waals surface area contributed by atoms with Crippen LogP contribution < -0.4 is 5.32 Å². The zero-order valence-electron chi connectivity index (χ0n) is 13.7. The minimum Gasteiger partial charge on any atom is -0.315 e. The lowest BCUT2D eigenvalue weighted by atomic mass is 9.73. The maximum absolute atomic E-state index is 3.61. The van der Waals surface area contributed by atoms with E-state index in [9.17, 15) is 0 Å². The molecule has 19 heavy (non-hydrogen) atoms. The number of likely N-dealkylation sites (N-methyl/N-ethyl adjacent to an activating group) is 1. The Hall–Kier alpha value is -0.0800. The van der Waals surface area contributed by atoms with Crippen molar-refractivity contribution < 1.29 is 0 Å². The summed E-state index contributed by atoms with van der Waals surface area (Å²) >= 11 is 0. The third-order valence-electron chi connectivity index (χ3n) is 6.08. The molecule has 2 heteroatoms. The maximum atomic E-state index is 3.61. The van der Waals surface area contributed by atoms with Gasteiger partial charge in [-0.3, -0.25) is 4.90 Å². The standard InChI is InChI=1S/C17H34N2/c1-6-17(4)7-9-19(10-8-17)16-14(3)11-13(2)12-15(16)18-5/h13-16,18H,6-12H2,1-5H3. The van der Waals surface area contributed by atoms with Crippen LogP contribution in [0.4, 0.5) is 0 Å². The molecule has 0 amide bonds. The largest absolute Gasteiger partial charge is 0.315 e. The zero-order valence-corrected chi connectivity index (χ0v) is 13.7. The number of nitrogens with zero attached hydrogens (tertiary/aromatic N) is 1. The first-order valence-corrected chi connectivity index (χ1v) is 8.40. The summed E-state index contributed by atoms with van der Waals surface area (Å²) in [5.41, 5.74) is 0.608. The highest BCUT2D eigenvalue weighted by atomic mass is 15.2. The van der Waals surface area contributed by atoms with Crippen LogP contribution in [-0.2, 0) is 0 Å². The molecule has 1 saturated heterocycles. The molecule has 2 fully saturated rings. The van der Waals surface area contributed by atoms with Crippen molar-refractivity contribution >= 4 is 0 Å². The first-order chi connectivity index (χ1) is 8.99. The van der Waals surface area contributed by atoms with Crippen LogP contribution in [0.5, 0.6) is 0 Å². The van der Waals surface area contributed by atoms with Crippen LogP contribution in [0.3, 0.4) is 0 Å². The Morgan fingerprint density at radius 2 is 1.79 bits per heavy atom. The third kappa shape index (κ3) is 3.33. The average molecular weight is 266 g/mol. The van der Waals surface area contributed by atoms with E-state index in [1.807, 2.05) is 0 Å². The summed E-state index contributed by atoms with van der Waals surface area (Å²) in [6, 6.07) is 1.47. The molecule has 2 rings (SSSR count). The molecule has 1 heterocycles. The van der Waals surface area contributed by atoms with Crippen LogP contribution in [0.15, 0.2) is 0 Å². The molecule has 0 aromatic carbocycles. The molecule has 4 unspecified atom stereocenters. The van der Waals surface area contributed by atoms with E-state index in [4.69, 9.17) is 0 Å². The quantitative estimate of drug-likeness (QED) is 0.841. The molecule has 2 nitrogen and oxygen atoms in total. The Morgan fingerprint density at radius 1 is 1.16 bits per heavy atom. The normalized spacial score (nSPS) is 40.3. The molecular formula is C17H34N2. The Kier molecular flexibility index (Phi) is 4.94. The van der Waals surface area contributed by atoms with Crippen LogP contribution in [0.25, 0.3) is 0 Å². The Balaban J connectivity index is 2.00. The number of rotatable bonds is 3. The Bertz CT molecular complexity index is 281. The first-order valence-electron chi connectivity index (χ1n) is 8.40. The van der Waals surface area contributed by atoms with Gasteiger partial charge in [0.05, 0.1) is 0 Å². The number of likely N-dealkylation sites (tertiary alicyclic amines) is 1. The summed E-state index contributed by atoms with van der Waals surface area (Å²) in [6.07, 6.45) is 6.88. The van der Waals surface area contributed by atoms with E-state index < -0.39 is 0 Å². The molecule has 2 aliphatic rings. The van der Waals surface area contributed by atoms with Crippen molar-refractivity contribution in [2.24, 2.45) is 17.3 Å². The van der Waals surface area contributed by atoms with Gasteiger partial charge in [-0.05, 0) is 63.1 Å². The fourth-order valence-electron chi connectivity index (χ4n) is 4.46. The van der Waals surface area contributed by atoms with E-state index in [2.05, 4.69) is 45.0 Å². The molecule has 0 radical (unpaired) electrons. The molecule has 0 aromatic heterocycles. The van der Waals surface area contributed by atoms with Gasteiger partial charge in [-0.25, -0.2) is 0 Å². The topological polar surface area (TPSA) is 15.3 Å². The minimum absolute atomic E-state index is 0.608. The van der Waals surface area contributed by atoms with Crippen molar-refractivity contribution in [3.8, 4) is 0 Å². The fraction of sp³-hybridized carbons (Fsp3) is 1.00. The lowest BCUT2D eigenvalue weighted by Crippen LogP contribution is -2.58. The molecule has 4 atom stereocenters. The van der Waals surface area contributed by atoms with Crippen LogP contribution in [0.2, 0.25) is 0 Å². The molecule has 112 valence electrons. The summed E-state index contributed by atoms with van der Waals surface area (Å²) < 4.78 is 0. The predicted molar refractivity (Wildman–Crippen MR) is 83.4 cm³/mol. The van der Waals surface area contributed by atoms with Gasteiger partial charge in [0.1, 0.15) is 0 Å². The maximum Gasteiger partial charge on any atom is 0.0274 e. The van der Waals surface area contributed by atoms with E-state index in [-0.39, 0.29) is 0 Å². The van der Waals surface area contributed by atoms with Crippen LogP contribution in [0.1, 0.15) is 59.8 Å². The monoisotopic (exact) mass is 266 g/mol. The fourth-order valence-corrected chi connectivity index (χ4v) is 4.46. The van der Waals surface area contributed by atoms with E-state index >= 15 is 0 Å². The molecule has 1 N–H and O–H groups in total. The summed E-state index contributed by atoms with van der Waals surface area (Å²) in [7, 11) is 2.16. The molecule has 0 bridgehead atoms. The van der Waals surface area contributed by atoms with Gasteiger partial charge in [0.2, 0.25) is 0 Å². The first kappa shape index (κ1) is 15.3. The second kappa shape index (κ2) is 6.13. The van der Waals surface area contributed by atoms with Crippen molar-refractivity contribution in [2.75, 3.05) is 20.1 Å². The number of hydrogen-bond acceptors (Lipinski definition) is 2. The van der Waals surface area contributed by atoms with Crippen molar-refractivity contribution in [3.63, 3.8) is 0 Å². The number of piperidine rings is 1. The van der Waals surface area contributed by atoms with Gasteiger partial charge in [0, 0.05) is 12.1 Å². The van der Waals surface area contributed by atoms with Crippen molar-refractivity contribution in [3.05, 3.63) is 0 Å². The van der Waals surface area contributed by atoms with E-state index in [1.165, 1.54) is 45.2 Å². The van der Waals surface area contributed by atoms with Crippen molar-refractivity contribution in [1.82, 2.24) is 10.2 Å². The molecule has 1 aliphatic carbocycles. The van der Waals surface area contributed by atoms with Crippen LogP contribution in [-0.4, -0.2) is 37.1 Å². The predicted octanol–water partition coefficient (Wildman–Crippen LogP) is 3.52. The second-order valence-electron chi connectivity index (χ2n) is 7.64. The van der Waals surface area contributed by atoms with E-state index in [0.717, 1.165) is 17.9 Å². The van der Waals surface area contributed by atoms with Crippen LogP contribution in [0, 0.1) is 17.3 Å². The molecule has 1 saturated carbocycles. The SMILES string of the molecule is CCC1(C)CCN(C2C(C)CC(C)CC2NC)CC1. The number of hydrogen-bond donors (Lipinski definition) is 1. The lowest BCUT2D eigenvalue weighted by Gasteiger charge is -2.49. The molecule has 0 spiro atoms. The summed E-state index contributed by atoms with van der Waals surface area (Å²) in [6.45, 7) is 12.3. The smallest absolute Gasteiger partial charge is 0.0274 e. The highest BCUT2D eigenvalue weighted by Gasteiger charge is 2.39. The Morgan fingerprint density at radius 3 is 2.32 bits per heavy atom. The average Bonchev–Trinajstić information content (AvgIpc) is 2.39. The summed E-state index contributed by atoms with van der Waals surface area (Å²) in [5.74, 6) is 1.72. The second-order valence-corrected chi connectivity index (χ2v) is 7.64. The summed E-state index contributed by atoms with van der Waals surface area (Å²) in [4.78, 5) is 2.80. The van der Waals surface area contributed by atoms with E-state index in [0.29, 0.717) is 11.5 Å². The van der Waals surface area contributed by atoms with Gasteiger partial charge >= 0.3 is 0 Å². The van der Waals surface area contributed by atoms with Gasteiger partial charge < -0.3 is 5.32 Å². The molecule has 1 aliphatic heterocycles. The lowest BCUT2D eigenvalue weighted by molar-refractivity contribution is 0.0167. The van der Waals surface area contributed by atoms with Crippen molar-refractivity contribution in [1.29, 1.82) is 0 Å². The van der Waals surface area contributed by atoms with Gasteiger partial charge in [0.15, 0.2) is 0 Å². The van der Waals surface area contributed by atoms with Gasteiger partial charge in [0.25, 0.3) is 0 Å². The summed E-state index contributed by atoms with van der Waals surface area (Å²) in [5, 5.41) is 3.61.